The summed E-state index contributed by atoms with van der Waals surface area (Å²) in [7, 11) is 0. The molecule has 0 unspecified atom stereocenters. The van der Waals surface area contributed by atoms with Gasteiger partial charge in [0, 0.05) is 5.56 Å². The number of furan rings is 1. The number of nitrogens with two attached hydrogens (primary N) is 1. The fourth-order valence-corrected chi connectivity index (χ4v) is 1.20. The van der Waals surface area contributed by atoms with Crippen LogP contribution in [0.2, 0.25) is 0 Å². The van der Waals surface area contributed by atoms with E-state index in [4.69, 9.17) is 14.9 Å². The first-order valence-corrected chi connectivity index (χ1v) is 4.85. The summed E-state index contributed by atoms with van der Waals surface area (Å²) in [5.74, 6) is 1.24. The molecule has 1 rings (SSSR count). The lowest BCUT2D eigenvalue weighted by Crippen LogP contribution is -2.11. The fraction of sp³-hybridized carbons (Fsp3) is 0.600. The molecule has 1 aromatic rings. The van der Waals surface area contributed by atoms with E-state index in [2.05, 4.69) is 0 Å². The molecule has 1 heterocycles. The minimum Gasteiger partial charge on any atom is -0.465 e. The molecule has 3 nitrogen and oxygen atoms in total. The minimum absolute atomic E-state index is 0.116. The maximum absolute atomic E-state index is 11.8. The zero-order valence-corrected chi connectivity index (χ0v) is 8.93. The number of ether oxygens (including phenoxy) is 1. The van der Waals surface area contributed by atoms with Gasteiger partial charge in [-0.1, -0.05) is 0 Å². The Hall–Kier alpha value is -1.01. The molecule has 0 fully saturated rings. The predicted molar refractivity (Wildman–Crippen MR) is 51.7 cm³/mol. The third-order valence-electron chi connectivity index (χ3n) is 2.06. The van der Waals surface area contributed by atoms with E-state index in [1.807, 2.05) is 0 Å². The van der Waals surface area contributed by atoms with E-state index >= 15 is 0 Å². The lowest BCUT2D eigenvalue weighted by molar-refractivity contribution is -0.146. The van der Waals surface area contributed by atoms with Crippen LogP contribution in [-0.4, -0.2) is 12.8 Å². The molecular formula is C10H14F3NO2. The van der Waals surface area contributed by atoms with E-state index in [9.17, 15) is 13.2 Å². The maximum atomic E-state index is 11.8. The monoisotopic (exact) mass is 237 g/mol. The van der Waals surface area contributed by atoms with Crippen molar-refractivity contribution in [2.75, 3.05) is 6.61 Å². The molecule has 2 N–H and O–H groups in total. The van der Waals surface area contributed by atoms with Gasteiger partial charge < -0.3 is 14.9 Å². The van der Waals surface area contributed by atoms with Crippen LogP contribution < -0.4 is 5.73 Å². The van der Waals surface area contributed by atoms with Crippen molar-refractivity contribution in [3.05, 3.63) is 23.2 Å². The summed E-state index contributed by atoms with van der Waals surface area (Å²) in [4.78, 5) is 0. The van der Waals surface area contributed by atoms with Gasteiger partial charge in [-0.3, -0.25) is 0 Å². The van der Waals surface area contributed by atoms with Gasteiger partial charge in [-0.15, -0.1) is 0 Å². The molecule has 0 atom stereocenters. The van der Waals surface area contributed by atoms with Crippen molar-refractivity contribution >= 4 is 0 Å². The van der Waals surface area contributed by atoms with Gasteiger partial charge in [0.05, 0.1) is 26.2 Å². The summed E-state index contributed by atoms with van der Waals surface area (Å²) in [5.41, 5.74) is 6.10. The molecule has 0 spiro atoms. The molecule has 1 aromatic heterocycles. The highest BCUT2D eigenvalue weighted by atomic mass is 19.4. The zero-order chi connectivity index (χ0) is 12.2. The van der Waals surface area contributed by atoms with E-state index in [0.717, 1.165) is 5.56 Å². The summed E-state index contributed by atoms with van der Waals surface area (Å²) >= 11 is 0. The smallest absolute Gasteiger partial charge is 0.391 e. The zero-order valence-electron chi connectivity index (χ0n) is 8.93. The molecule has 0 aliphatic heterocycles. The summed E-state index contributed by atoms with van der Waals surface area (Å²) < 4.78 is 45.6. The van der Waals surface area contributed by atoms with Gasteiger partial charge in [0.25, 0.3) is 0 Å². The lowest BCUT2D eigenvalue weighted by atomic mass is 10.2. The second-order valence-electron chi connectivity index (χ2n) is 3.42. The highest BCUT2D eigenvalue weighted by Crippen LogP contribution is 2.20. The molecule has 92 valence electrons. The van der Waals surface area contributed by atoms with Crippen molar-refractivity contribution in [3.63, 3.8) is 0 Å². The average Bonchev–Trinajstić information content (AvgIpc) is 2.53. The molecule has 16 heavy (non-hydrogen) atoms. The highest BCUT2D eigenvalue weighted by Gasteiger charge is 2.26. The van der Waals surface area contributed by atoms with Gasteiger partial charge in [-0.2, -0.15) is 13.2 Å². The van der Waals surface area contributed by atoms with Gasteiger partial charge >= 0.3 is 6.18 Å². The van der Waals surface area contributed by atoms with Gasteiger partial charge in [-0.25, -0.2) is 0 Å². The van der Waals surface area contributed by atoms with Crippen LogP contribution in [0.5, 0.6) is 0 Å². The second kappa shape index (κ2) is 5.36. The van der Waals surface area contributed by atoms with Gasteiger partial charge in [0.15, 0.2) is 0 Å². The van der Waals surface area contributed by atoms with E-state index < -0.39 is 12.6 Å². The second-order valence-corrected chi connectivity index (χ2v) is 3.42. The van der Waals surface area contributed by atoms with Gasteiger partial charge in [-0.05, 0) is 13.0 Å². The Bertz CT molecular complexity index is 333. The Morgan fingerprint density at radius 1 is 1.44 bits per heavy atom. The van der Waals surface area contributed by atoms with Crippen LogP contribution in [0, 0.1) is 6.92 Å². The molecule has 6 heteroatoms. The molecule has 0 bridgehead atoms. The Morgan fingerprint density at radius 3 is 2.62 bits per heavy atom. The topological polar surface area (TPSA) is 48.4 Å². The number of hydrogen-bond acceptors (Lipinski definition) is 3. The van der Waals surface area contributed by atoms with Crippen LogP contribution in [0.3, 0.4) is 0 Å². The largest absolute Gasteiger partial charge is 0.465 e. The SMILES string of the molecule is Cc1oc(CN)cc1COCCC(F)(F)F. The van der Waals surface area contributed by atoms with Crippen molar-refractivity contribution in [1.29, 1.82) is 0 Å². The molecule has 0 saturated carbocycles. The van der Waals surface area contributed by atoms with Crippen LogP contribution in [0.25, 0.3) is 0 Å². The number of hydrogen-bond donors (Lipinski definition) is 1. The van der Waals surface area contributed by atoms with Crippen LogP contribution in [0.1, 0.15) is 23.5 Å². The van der Waals surface area contributed by atoms with Crippen molar-refractivity contribution in [3.8, 4) is 0 Å². The molecule has 0 aromatic carbocycles. The normalized spacial score (nSPS) is 12.1. The Labute approximate surface area is 91.4 Å². The lowest BCUT2D eigenvalue weighted by Gasteiger charge is -2.06. The van der Waals surface area contributed by atoms with Crippen molar-refractivity contribution in [1.82, 2.24) is 0 Å². The van der Waals surface area contributed by atoms with Gasteiger partial charge in [0.1, 0.15) is 11.5 Å². The van der Waals surface area contributed by atoms with Crippen molar-refractivity contribution < 1.29 is 22.3 Å². The van der Waals surface area contributed by atoms with Crippen LogP contribution in [0.15, 0.2) is 10.5 Å². The standard InChI is InChI=1S/C10H14F3NO2/c1-7-8(4-9(5-14)16-7)6-15-3-2-10(11,12)13/h4H,2-3,5-6,14H2,1H3. The summed E-state index contributed by atoms with van der Waals surface area (Å²) in [6.45, 7) is 1.77. The number of rotatable bonds is 5. The van der Waals surface area contributed by atoms with Crippen molar-refractivity contribution in [2.45, 2.75) is 32.7 Å². The Morgan fingerprint density at radius 2 is 2.12 bits per heavy atom. The summed E-state index contributed by atoms with van der Waals surface area (Å²) in [5, 5.41) is 0. The quantitative estimate of drug-likeness (QED) is 0.800. The van der Waals surface area contributed by atoms with Crippen LogP contribution in [-0.2, 0) is 17.9 Å². The van der Waals surface area contributed by atoms with Crippen LogP contribution >= 0.6 is 0 Å². The third kappa shape index (κ3) is 4.24. The molecular weight excluding hydrogens is 223 g/mol. The minimum atomic E-state index is -4.17. The Balaban J connectivity index is 2.34. The molecule has 0 amide bonds. The molecule has 0 saturated heterocycles. The predicted octanol–water partition coefficient (Wildman–Crippen LogP) is 2.52. The first-order valence-electron chi connectivity index (χ1n) is 4.85. The number of halogens is 3. The average molecular weight is 237 g/mol. The number of aryl methyl sites for hydroxylation is 1. The summed E-state index contributed by atoms with van der Waals surface area (Å²) in [6.07, 6.45) is -5.11. The number of alkyl halides is 3. The van der Waals surface area contributed by atoms with E-state index in [-0.39, 0.29) is 19.8 Å². The first-order chi connectivity index (χ1) is 7.42. The van der Waals surface area contributed by atoms with Crippen LogP contribution in [0.4, 0.5) is 13.2 Å². The summed E-state index contributed by atoms with van der Waals surface area (Å²) in [6, 6.07) is 1.70. The van der Waals surface area contributed by atoms with Gasteiger partial charge in [0.2, 0.25) is 0 Å². The highest BCUT2D eigenvalue weighted by molar-refractivity contribution is 5.19. The molecule has 0 radical (unpaired) electrons. The Kier molecular flexibility index (Phi) is 4.37. The third-order valence-corrected chi connectivity index (χ3v) is 2.06. The molecule has 0 aliphatic rings. The van der Waals surface area contributed by atoms with Crippen molar-refractivity contribution in [2.24, 2.45) is 5.73 Å². The fourth-order valence-electron chi connectivity index (χ4n) is 1.20. The van der Waals surface area contributed by atoms with E-state index in [1.165, 1.54) is 0 Å². The molecule has 0 aliphatic carbocycles. The van der Waals surface area contributed by atoms with E-state index in [1.54, 1.807) is 13.0 Å². The maximum Gasteiger partial charge on any atom is 0.391 e. The van der Waals surface area contributed by atoms with E-state index in [0.29, 0.717) is 11.5 Å². The first kappa shape index (κ1) is 13.1.